The Kier molecular flexibility index (Phi) is 6.17. The molecule has 1 fully saturated rings. The molecule has 2 bridgehead atoms. The monoisotopic (exact) mass is 529 g/mol. The van der Waals surface area contributed by atoms with Crippen molar-refractivity contribution in [2.45, 2.75) is 82.1 Å². The zero-order valence-electron chi connectivity index (χ0n) is 21.4. The molecule has 1 aromatic rings. The number of hydrogen-bond acceptors (Lipinski definition) is 9. The summed E-state index contributed by atoms with van der Waals surface area (Å²) in [5, 5.41) is 34.5. The zero-order valence-corrected chi connectivity index (χ0v) is 21.4. The summed E-state index contributed by atoms with van der Waals surface area (Å²) in [7, 11) is 0. The van der Waals surface area contributed by atoms with Gasteiger partial charge in [-0.3, -0.25) is 14.4 Å². The summed E-state index contributed by atoms with van der Waals surface area (Å²) in [4.78, 5) is 48.0. The number of aromatic hydroxyl groups is 1. The Labute approximate surface area is 218 Å². The average molecular weight is 530 g/mol. The number of rotatable bonds is 7. The number of nitrogens with one attached hydrogen (secondary N) is 1. The van der Waals surface area contributed by atoms with Gasteiger partial charge in [-0.25, -0.2) is 4.79 Å². The van der Waals surface area contributed by atoms with Crippen LogP contribution in [-0.4, -0.2) is 63.0 Å². The topological polar surface area (TPSA) is 169 Å². The van der Waals surface area contributed by atoms with Gasteiger partial charge in [-0.15, -0.1) is 0 Å². The van der Waals surface area contributed by atoms with Crippen molar-refractivity contribution in [3.05, 3.63) is 35.1 Å². The first-order chi connectivity index (χ1) is 17.9. The van der Waals surface area contributed by atoms with E-state index in [9.17, 15) is 34.5 Å². The van der Waals surface area contributed by atoms with Crippen LogP contribution in [0, 0.1) is 11.8 Å². The fraction of sp³-hybridized carbons (Fsp3) is 0.556. The first kappa shape index (κ1) is 26.0. The van der Waals surface area contributed by atoms with E-state index in [1.165, 1.54) is 6.92 Å². The van der Waals surface area contributed by atoms with Crippen molar-refractivity contribution in [3.63, 3.8) is 0 Å². The number of carboxylic acids is 1. The number of hydrogen-bond donors (Lipinski definition) is 4. The Morgan fingerprint density at radius 2 is 2.00 bits per heavy atom. The van der Waals surface area contributed by atoms with E-state index >= 15 is 0 Å². The van der Waals surface area contributed by atoms with E-state index in [-0.39, 0.29) is 35.5 Å². The maximum absolute atomic E-state index is 12.9. The molecule has 1 unspecified atom stereocenters. The van der Waals surface area contributed by atoms with Crippen LogP contribution in [-0.2, 0) is 40.5 Å². The Balaban J connectivity index is 1.40. The lowest BCUT2D eigenvalue weighted by Crippen LogP contribution is -2.69. The van der Waals surface area contributed by atoms with Gasteiger partial charge in [0.05, 0.1) is 17.4 Å². The number of amides is 1. The fourth-order valence-corrected chi connectivity index (χ4v) is 6.95. The van der Waals surface area contributed by atoms with Crippen LogP contribution in [0.2, 0.25) is 0 Å². The molecule has 4 aliphatic rings. The van der Waals surface area contributed by atoms with Crippen LogP contribution >= 0.6 is 0 Å². The molecule has 204 valence electrons. The second-order valence-electron chi connectivity index (χ2n) is 10.8. The van der Waals surface area contributed by atoms with Crippen molar-refractivity contribution in [3.8, 4) is 11.5 Å². The predicted octanol–water partition coefficient (Wildman–Crippen LogP) is 1.47. The second kappa shape index (κ2) is 9.00. The van der Waals surface area contributed by atoms with Crippen molar-refractivity contribution in [2.24, 2.45) is 11.8 Å². The van der Waals surface area contributed by atoms with Crippen LogP contribution < -0.4 is 10.1 Å². The third-order valence-electron chi connectivity index (χ3n) is 8.66. The maximum Gasteiger partial charge on any atom is 0.326 e. The van der Waals surface area contributed by atoms with Gasteiger partial charge in [-0.2, -0.15) is 0 Å². The minimum absolute atomic E-state index is 0.0512. The first-order valence-electron chi connectivity index (χ1n) is 12.7. The minimum Gasteiger partial charge on any atom is -0.504 e. The van der Waals surface area contributed by atoms with Crippen LogP contribution in [0.25, 0.3) is 0 Å². The molecule has 0 aromatic heterocycles. The van der Waals surface area contributed by atoms with Crippen LogP contribution in [0.3, 0.4) is 0 Å². The SMILES string of the molecule is CC(=O)O[C@@H](C)C(=O)N[C@@H](CC(=O)OC1=CC[C@@]2(O)[C@H]3Cc4ccc(O)c5c4[C@@]2(CCC3C)[C@H]1O5)C(=O)O. The lowest BCUT2D eigenvalue weighted by molar-refractivity contribution is -0.171. The van der Waals surface area contributed by atoms with E-state index < -0.39 is 59.5 Å². The zero-order chi connectivity index (χ0) is 27.6. The highest BCUT2D eigenvalue weighted by atomic mass is 16.6. The minimum atomic E-state index is -1.63. The molecule has 1 amide bonds. The first-order valence-corrected chi connectivity index (χ1v) is 12.7. The summed E-state index contributed by atoms with van der Waals surface area (Å²) >= 11 is 0. The van der Waals surface area contributed by atoms with Gasteiger partial charge in [0.15, 0.2) is 23.7 Å². The largest absolute Gasteiger partial charge is 0.504 e. The Morgan fingerprint density at radius 3 is 2.68 bits per heavy atom. The normalized spacial score (nSPS) is 31.6. The van der Waals surface area contributed by atoms with Crippen molar-refractivity contribution < 1.29 is 48.7 Å². The summed E-state index contributed by atoms with van der Waals surface area (Å²) < 4.78 is 16.6. The molecular weight excluding hydrogens is 498 g/mol. The number of phenolic OH excluding ortho intramolecular Hbond substituents is 1. The molecule has 0 saturated heterocycles. The van der Waals surface area contributed by atoms with E-state index in [0.717, 1.165) is 24.5 Å². The summed E-state index contributed by atoms with van der Waals surface area (Å²) in [5.41, 5.74) is -0.341. The number of carboxylic acid groups (broad SMARTS) is 1. The highest BCUT2D eigenvalue weighted by Gasteiger charge is 2.72. The molecular formula is C27H31NO10. The molecule has 1 aliphatic heterocycles. The van der Waals surface area contributed by atoms with Crippen LogP contribution in [0.1, 0.15) is 57.6 Å². The van der Waals surface area contributed by atoms with Crippen LogP contribution in [0.15, 0.2) is 24.0 Å². The number of aliphatic hydroxyl groups is 1. The Hall–Kier alpha value is -3.60. The number of carbonyl (C=O) groups is 4. The predicted molar refractivity (Wildman–Crippen MR) is 129 cm³/mol. The molecule has 7 atom stereocenters. The number of benzene rings is 1. The van der Waals surface area contributed by atoms with E-state index in [1.807, 2.05) is 6.07 Å². The van der Waals surface area contributed by atoms with E-state index in [1.54, 1.807) is 12.1 Å². The second-order valence-corrected chi connectivity index (χ2v) is 10.8. The highest BCUT2D eigenvalue weighted by Crippen LogP contribution is 2.68. The third kappa shape index (κ3) is 3.74. The maximum atomic E-state index is 12.9. The Morgan fingerprint density at radius 1 is 1.26 bits per heavy atom. The van der Waals surface area contributed by atoms with Crippen LogP contribution in [0.5, 0.6) is 11.5 Å². The molecule has 11 nitrogen and oxygen atoms in total. The lowest BCUT2D eigenvalue weighted by Gasteiger charge is -2.61. The number of aliphatic carboxylic acids is 1. The molecule has 1 saturated carbocycles. The molecule has 1 spiro atoms. The van der Waals surface area contributed by atoms with Gasteiger partial charge in [0.25, 0.3) is 5.91 Å². The third-order valence-corrected chi connectivity index (χ3v) is 8.66. The van der Waals surface area contributed by atoms with Gasteiger partial charge in [0.1, 0.15) is 11.8 Å². The molecule has 5 rings (SSSR count). The molecule has 1 aromatic carbocycles. The standard InChI is InChI=1S/C27H31NO10/c1-12-6-8-26-21-15-4-5-18(30)22(21)38-23(26)19(7-9-27(26,35)16(12)10-15)37-20(31)11-17(25(33)34)28-24(32)13(2)36-14(3)29/h4-5,7,12-13,16-17,23,30,35H,6,8-11H2,1-3H3,(H,28,32)(H,33,34)/t12?,13-,16-,17-,23-,26-,27+/m0/s1. The van der Waals surface area contributed by atoms with E-state index in [0.29, 0.717) is 12.8 Å². The molecule has 0 radical (unpaired) electrons. The van der Waals surface area contributed by atoms with Crippen molar-refractivity contribution >= 4 is 23.8 Å². The summed E-state index contributed by atoms with van der Waals surface area (Å²) in [6, 6.07) is 1.80. The highest BCUT2D eigenvalue weighted by molar-refractivity contribution is 5.89. The molecule has 38 heavy (non-hydrogen) atoms. The summed E-state index contributed by atoms with van der Waals surface area (Å²) in [6.45, 7) is 4.51. The van der Waals surface area contributed by atoms with Crippen molar-refractivity contribution in [2.75, 3.05) is 0 Å². The van der Waals surface area contributed by atoms with Gasteiger partial charge >= 0.3 is 17.9 Å². The number of phenols is 1. The lowest BCUT2D eigenvalue weighted by atomic mass is 9.45. The fourth-order valence-electron chi connectivity index (χ4n) is 6.95. The van der Waals surface area contributed by atoms with Gasteiger partial charge in [-0.05, 0) is 62.1 Å². The summed E-state index contributed by atoms with van der Waals surface area (Å²) in [6.07, 6.45) is 1.01. The molecule has 3 aliphatic carbocycles. The molecule has 1 heterocycles. The van der Waals surface area contributed by atoms with Crippen LogP contribution in [0.4, 0.5) is 0 Å². The quantitative estimate of drug-likeness (QED) is 0.380. The molecule has 11 heteroatoms. The smallest absolute Gasteiger partial charge is 0.326 e. The van der Waals surface area contributed by atoms with Crippen molar-refractivity contribution in [1.82, 2.24) is 5.32 Å². The average Bonchev–Trinajstić information content (AvgIpc) is 3.20. The van der Waals surface area contributed by atoms with Gasteiger partial charge in [0, 0.05) is 12.5 Å². The van der Waals surface area contributed by atoms with Crippen molar-refractivity contribution in [1.29, 1.82) is 0 Å². The molecule has 4 N–H and O–H groups in total. The number of ether oxygens (including phenoxy) is 3. The van der Waals surface area contributed by atoms with E-state index in [2.05, 4.69) is 12.2 Å². The van der Waals surface area contributed by atoms with Gasteiger partial charge in [-0.1, -0.05) is 13.0 Å². The Bertz CT molecular complexity index is 1260. The van der Waals surface area contributed by atoms with Gasteiger partial charge < -0.3 is 34.8 Å². The number of carbonyl (C=O) groups excluding carboxylic acids is 3. The number of esters is 2. The summed E-state index contributed by atoms with van der Waals surface area (Å²) in [5.74, 6) is -3.42. The van der Waals surface area contributed by atoms with E-state index in [4.69, 9.17) is 14.2 Å². The van der Waals surface area contributed by atoms with Gasteiger partial charge in [0.2, 0.25) is 0 Å².